The van der Waals surface area contributed by atoms with E-state index in [9.17, 15) is 4.79 Å². The minimum atomic E-state index is -0.00102. The highest BCUT2D eigenvalue weighted by molar-refractivity contribution is 5.95. The fraction of sp³-hybridized carbons (Fsp3) is 0.455. The van der Waals surface area contributed by atoms with Crippen LogP contribution in [0.15, 0.2) is 42.6 Å². The monoisotopic (exact) mass is 383 g/mol. The molecule has 1 unspecified atom stereocenters. The summed E-state index contributed by atoms with van der Waals surface area (Å²) in [5, 5.41) is 3.42. The maximum atomic E-state index is 13.5. The summed E-state index contributed by atoms with van der Waals surface area (Å²) in [6.07, 6.45) is 4.75. The number of pyridine rings is 1. The molecule has 1 fully saturated rings. The summed E-state index contributed by atoms with van der Waals surface area (Å²) in [5.41, 5.74) is 1.50. The number of aromatic nitrogens is 1. The second-order valence-electron chi connectivity index (χ2n) is 6.89. The third-order valence-corrected chi connectivity index (χ3v) is 5.02. The first-order chi connectivity index (χ1) is 13.7. The Morgan fingerprint density at radius 1 is 1.21 bits per heavy atom. The van der Waals surface area contributed by atoms with Gasteiger partial charge in [-0.05, 0) is 69.6 Å². The number of hydrogen-bond donors (Lipinski definition) is 1. The van der Waals surface area contributed by atoms with Gasteiger partial charge in [0.05, 0.1) is 26.0 Å². The van der Waals surface area contributed by atoms with Gasteiger partial charge in [0, 0.05) is 17.8 Å². The van der Waals surface area contributed by atoms with E-state index in [2.05, 4.69) is 10.3 Å². The number of nitrogens with zero attached hydrogens (tertiary/aromatic N) is 2. The van der Waals surface area contributed by atoms with Gasteiger partial charge >= 0.3 is 0 Å². The second kappa shape index (κ2) is 10.1. The van der Waals surface area contributed by atoms with Crippen LogP contribution in [0.2, 0.25) is 0 Å². The van der Waals surface area contributed by atoms with Gasteiger partial charge in [0.25, 0.3) is 5.91 Å². The highest BCUT2D eigenvalue weighted by Crippen LogP contribution is 2.29. The third-order valence-electron chi connectivity index (χ3n) is 5.02. The van der Waals surface area contributed by atoms with Crippen molar-refractivity contribution in [2.75, 3.05) is 26.8 Å². The summed E-state index contributed by atoms with van der Waals surface area (Å²) in [6.45, 7) is 4.89. The largest absolute Gasteiger partial charge is 0.493 e. The normalized spacial score (nSPS) is 16.9. The molecule has 28 heavy (non-hydrogen) atoms. The highest BCUT2D eigenvalue weighted by Gasteiger charge is 2.26. The molecule has 3 rings (SSSR count). The van der Waals surface area contributed by atoms with Gasteiger partial charge in [-0.25, -0.2) is 0 Å². The van der Waals surface area contributed by atoms with Crippen LogP contribution in [0, 0.1) is 0 Å². The molecule has 1 N–H and O–H groups in total. The lowest BCUT2D eigenvalue weighted by Gasteiger charge is -2.31. The molecule has 1 aliphatic rings. The number of hydrogen-bond acceptors (Lipinski definition) is 5. The minimum absolute atomic E-state index is 0.00102. The van der Waals surface area contributed by atoms with Gasteiger partial charge in [0.1, 0.15) is 0 Å². The zero-order valence-corrected chi connectivity index (χ0v) is 16.7. The molecule has 1 aliphatic heterocycles. The van der Waals surface area contributed by atoms with Gasteiger partial charge in [-0.2, -0.15) is 0 Å². The van der Waals surface area contributed by atoms with Gasteiger partial charge < -0.3 is 19.7 Å². The maximum absolute atomic E-state index is 13.5. The van der Waals surface area contributed by atoms with Crippen LogP contribution >= 0.6 is 0 Å². The molecule has 0 bridgehead atoms. The lowest BCUT2D eigenvalue weighted by atomic mass is 10.0. The zero-order valence-electron chi connectivity index (χ0n) is 16.7. The topological polar surface area (TPSA) is 63.7 Å². The number of methoxy groups -OCH3 is 1. The van der Waals surface area contributed by atoms with Crippen molar-refractivity contribution in [1.29, 1.82) is 0 Å². The highest BCUT2D eigenvalue weighted by atomic mass is 16.5. The van der Waals surface area contributed by atoms with E-state index in [1.807, 2.05) is 42.2 Å². The number of carbonyl (C=O) groups excluding carboxylic acids is 1. The molecule has 0 aliphatic carbocycles. The number of ether oxygens (including phenoxy) is 2. The number of nitrogens with one attached hydrogen (secondary N) is 1. The predicted molar refractivity (Wildman–Crippen MR) is 109 cm³/mol. The molecule has 6 heteroatoms. The summed E-state index contributed by atoms with van der Waals surface area (Å²) in [4.78, 5) is 19.9. The van der Waals surface area contributed by atoms with E-state index in [-0.39, 0.29) is 11.9 Å². The SMILES string of the molecule is CCOc1ccc(C(=O)N(Cc2ccccn2)C2CCCNCC2)cc1OC. The molecule has 6 nitrogen and oxygen atoms in total. The Bertz CT molecular complexity index is 759. The van der Waals surface area contributed by atoms with Crippen molar-refractivity contribution < 1.29 is 14.3 Å². The molecule has 150 valence electrons. The molecule has 2 aromatic rings. The summed E-state index contributed by atoms with van der Waals surface area (Å²) in [7, 11) is 1.59. The van der Waals surface area contributed by atoms with Crippen molar-refractivity contribution in [3.05, 3.63) is 53.9 Å². The molecule has 0 saturated carbocycles. The van der Waals surface area contributed by atoms with Crippen molar-refractivity contribution in [3.63, 3.8) is 0 Å². The van der Waals surface area contributed by atoms with Crippen LogP contribution in [-0.2, 0) is 6.54 Å². The third kappa shape index (κ3) is 5.01. The van der Waals surface area contributed by atoms with E-state index in [1.54, 1.807) is 19.4 Å². The summed E-state index contributed by atoms with van der Waals surface area (Å²) < 4.78 is 11.0. The molecule has 1 atom stereocenters. The second-order valence-corrected chi connectivity index (χ2v) is 6.89. The first kappa shape index (κ1) is 20.1. The van der Waals surface area contributed by atoms with E-state index in [0.717, 1.165) is 38.0 Å². The van der Waals surface area contributed by atoms with E-state index >= 15 is 0 Å². The van der Waals surface area contributed by atoms with E-state index in [0.29, 0.717) is 30.2 Å². The number of benzene rings is 1. The number of rotatable bonds is 7. The van der Waals surface area contributed by atoms with Gasteiger partial charge in [0.15, 0.2) is 11.5 Å². The predicted octanol–water partition coefficient (Wildman–Crippen LogP) is 3.27. The van der Waals surface area contributed by atoms with Gasteiger partial charge in [-0.1, -0.05) is 6.07 Å². The van der Waals surface area contributed by atoms with Crippen molar-refractivity contribution in [2.45, 2.75) is 38.8 Å². The van der Waals surface area contributed by atoms with Crippen LogP contribution < -0.4 is 14.8 Å². The fourth-order valence-electron chi connectivity index (χ4n) is 3.59. The van der Waals surface area contributed by atoms with Gasteiger partial charge in [-0.15, -0.1) is 0 Å². The Kier molecular flexibility index (Phi) is 7.25. The lowest BCUT2D eigenvalue weighted by molar-refractivity contribution is 0.0642. The van der Waals surface area contributed by atoms with E-state index in [1.165, 1.54) is 0 Å². The standard InChI is InChI=1S/C22H29N3O3/c1-3-28-20-10-9-17(15-21(20)27-2)22(26)25(16-18-7-4-5-13-24-18)19-8-6-12-23-14-11-19/h4-5,7,9-10,13,15,19,23H,3,6,8,11-12,14,16H2,1-2H3. The molecular formula is C22H29N3O3. The molecule has 0 spiro atoms. The fourth-order valence-corrected chi connectivity index (χ4v) is 3.59. The number of carbonyl (C=O) groups is 1. The molecular weight excluding hydrogens is 354 g/mol. The molecule has 0 radical (unpaired) electrons. The van der Waals surface area contributed by atoms with E-state index < -0.39 is 0 Å². The van der Waals surface area contributed by atoms with Crippen LogP contribution in [0.3, 0.4) is 0 Å². The van der Waals surface area contributed by atoms with Gasteiger partial charge in [0.2, 0.25) is 0 Å². The van der Waals surface area contributed by atoms with Crippen molar-refractivity contribution in [2.24, 2.45) is 0 Å². The van der Waals surface area contributed by atoms with Crippen molar-refractivity contribution in [1.82, 2.24) is 15.2 Å². The van der Waals surface area contributed by atoms with Crippen molar-refractivity contribution >= 4 is 5.91 Å². The quantitative estimate of drug-likeness (QED) is 0.795. The Hall–Kier alpha value is -2.60. The Labute approximate surface area is 166 Å². The van der Waals surface area contributed by atoms with Gasteiger partial charge in [-0.3, -0.25) is 9.78 Å². The minimum Gasteiger partial charge on any atom is -0.493 e. The molecule has 1 aromatic carbocycles. The van der Waals surface area contributed by atoms with Crippen LogP contribution in [0.25, 0.3) is 0 Å². The summed E-state index contributed by atoms with van der Waals surface area (Å²) >= 11 is 0. The average molecular weight is 383 g/mol. The zero-order chi connectivity index (χ0) is 19.8. The first-order valence-corrected chi connectivity index (χ1v) is 9.95. The van der Waals surface area contributed by atoms with Crippen LogP contribution in [0.5, 0.6) is 11.5 Å². The first-order valence-electron chi connectivity index (χ1n) is 9.95. The van der Waals surface area contributed by atoms with Crippen LogP contribution in [-0.4, -0.2) is 48.6 Å². The van der Waals surface area contributed by atoms with Crippen LogP contribution in [0.1, 0.15) is 42.2 Å². The molecule has 2 heterocycles. The lowest BCUT2D eigenvalue weighted by Crippen LogP contribution is -2.40. The van der Waals surface area contributed by atoms with Crippen molar-refractivity contribution in [3.8, 4) is 11.5 Å². The van der Waals surface area contributed by atoms with E-state index in [4.69, 9.17) is 9.47 Å². The van der Waals surface area contributed by atoms with Crippen LogP contribution in [0.4, 0.5) is 0 Å². The Morgan fingerprint density at radius 2 is 2.11 bits per heavy atom. The number of amides is 1. The molecule has 1 saturated heterocycles. The molecule has 1 aromatic heterocycles. The Balaban J connectivity index is 1.88. The summed E-state index contributed by atoms with van der Waals surface area (Å²) in [6, 6.07) is 11.4. The average Bonchev–Trinajstić information content (AvgIpc) is 3.02. The maximum Gasteiger partial charge on any atom is 0.254 e. The summed E-state index contributed by atoms with van der Waals surface area (Å²) in [5.74, 6) is 1.23. The smallest absolute Gasteiger partial charge is 0.254 e. The Morgan fingerprint density at radius 3 is 2.86 bits per heavy atom. The molecule has 1 amide bonds.